The standard InChI is InChI=1S/C48H33N3/c1-3-13-32(14-4-1)45-49-46(33-15-5-2-6-16-33)51-47(50-45)38-22-12-21-36(28-38)34-19-11-20-35(27-34)37-25-26-42-41-23-9-10-24-43(41)48(44(42)29-37)30-39-17-7-8-18-40(39)31-48/h1-29H,30-31H2/i7D,8D,17D,18D,30D2,31D2. The molecule has 2 aliphatic carbocycles. The van der Waals surface area contributed by atoms with Gasteiger partial charge in [0.15, 0.2) is 17.5 Å². The Morgan fingerprint density at radius 3 is 1.47 bits per heavy atom. The van der Waals surface area contributed by atoms with Crippen LogP contribution in [0.4, 0.5) is 0 Å². The molecule has 1 spiro atoms. The Labute approximate surface area is 309 Å². The molecule has 0 unspecified atom stereocenters. The van der Waals surface area contributed by atoms with E-state index in [1.165, 1.54) is 0 Å². The molecule has 1 aromatic heterocycles. The first-order valence-electron chi connectivity index (χ1n) is 20.9. The van der Waals surface area contributed by atoms with Crippen LogP contribution in [0, 0.1) is 0 Å². The van der Waals surface area contributed by atoms with Crippen LogP contribution in [0.25, 0.3) is 67.5 Å². The van der Waals surface area contributed by atoms with Crippen molar-refractivity contribution in [3.63, 3.8) is 0 Å². The summed E-state index contributed by atoms with van der Waals surface area (Å²) in [4.78, 5) is 14.7. The second-order valence-corrected chi connectivity index (χ2v) is 12.8. The zero-order chi connectivity index (χ0) is 40.8. The van der Waals surface area contributed by atoms with E-state index in [-0.39, 0.29) is 11.1 Å². The summed E-state index contributed by atoms with van der Waals surface area (Å²) in [5.74, 6) is 1.66. The molecule has 240 valence electrons. The molecule has 3 nitrogen and oxygen atoms in total. The SMILES string of the molecule is [2H]c1c([2H])c([2H])c2c(c1[2H])C([2H])([2H])C1(c3ccccc3-c3ccc(-c4cccc(-c5cccc(-c6nc(-c7ccccc7)nc(-c7ccccc7)n6)c5)c4)cc31)C2([2H])[2H]. The smallest absolute Gasteiger partial charge is 0.164 e. The fraction of sp³-hybridized carbons (Fsp3) is 0.0625. The van der Waals surface area contributed by atoms with Crippen molar-refractivity contribution in [2.45, 2.75) is 18.2 Å². The van der Waals surface area contributed by atoms with Crippen LogP contribution in [-0.4, -0.2) is 15.0 Å². The summed E-state index contributed by atoms with van der Waals surface area (Å²) in [6.07, 6.45) is -5.11. The maximum absolute atomic E-state index is 9.74. The average molecular weight is 660 g/mol. The largest absolute Gasteiger partial charge is 0.208 e. The van der Waals surface area contributed by atoms with Crippen LogP contribution in [0.1, 0.15) is 33.2 Å². The molecule has 0 saturated carbocycles. The third-order valence-electron chi connectivity index (χ3n) is 9.71. The first-order valence-corrected chi connectivity index (χ1v) is 16.9. The highest BCUT2D eigenvalue weighted by atomic mass is 15.0. The molecule has 51 heavy (non-hydrogen) atoms. The van der Waals surface area contributed by atoms with E-state index in [1.807, 2.05) is 140 Å². The van der Waals surface area contributed by atoms with Crippen molar-refractivity contribution in [2.75, 3.05) is 0 Å². The lowest BCUT2D eigenvalue weighted by Gasteiger charge is -2.27. The molecule has 1 heterocycles. The van der Waals surface area contributed by atoms with Crippen LogP contribution in [0.5, 0.6) is 0 Å². The highest BCUT2D eigenvalue weighted by molar-refractivity contribution is 5.86. The topological polar surface area (TPSA) is 38.7 Å². The molecule has 0 aliphatic heterocycles. The van der Waals surface area contributed by atoms with Crippen molar-refractivity contribution in [3.05, 3.63) is 198 Å². The number of hydrogen-bond acceptors (Lipinski definition) is 3. The molecular formula is C48H33N3. The van der Waals surface area contributed by atoms with Gasteiger partial charge in [-0.1, -0.05) is 158 Å². The molecule has 0 N–H and O–H groups in total. The van der Waals surface area contributed by atoms with Crippen LogP contribution in [-0.2, 0) is 18.2 Å². The number of hydrogen-bond donors (Lipinski definition) is 0. The van der Waals surface area contributed by atoms with E-state index in [0.29, 0.717) is 39.7 Å². The maximum atomic E-state index is 9.74. The van der Waals surface area contributed by atoms with Crippen molar-refractivity contribution in [1.29, 1.82) is 0 Å². The van der Waals surface area contributed by atoms with Gasteiger partial charge in [-0.3, -0.25) is 0 Å². The van der Waals surface area contributed by atoms with Crippen molar-refractivity contribution in [1.82, 2.24) is 15.0 Å². The van der Waals surface area contributed by atoms with Crippen LogP contribution in [0.15, 0.2) is 176 Å². The van der Waals surface area contributed by atoms with E-state index < -0.39 is 42.3 Å². The second kappa shape index (κ2) is 11.9. The second-order valence-electron chi connectivity index (χ2n) is 12.8. The van der Waals surface area contributed by atoms with Gasteiger partial charge in [0.1, 0.15) is 0 Å². The van der Waals surface area contributed by atoms with E-state index in [4.69, 9.17) is 20.4 Å². The molecular weight excluding hydrogens is 619 g/mol. The van der Waals surface area contributed by atoms with Gasteiger partial charge in [0.2, 0.25) is 0 Å². The van der Waals surface area contributed by atoms with E-state index >= 15 is 0 Å². The Balaban J connectivity index is 1.10. The minimum absolute atomic E-state index is 0.339. The third-order valence-corrected chi connectivity index (χ3v) is 9.71. The van der Waals surface area contributed by atoms with Gasteiger partial charge in [0, 0.05) is 27.6 Å². The van der Waals surface area contributed by atoms with Crippen LogP contribution >= 0.6 is 0 Å². The Kier molecular flexibility index (Phi) is 5.18. The fourth-order valence-corrected chi connectivity index (χ4v) is 7.29. The summed E-state index contributed by atoms with van der Waals surface area (Å²) in [5, 5.41) is 0. The lowest BCUT2D eigenvalue weighted by molar-refractivity contribution is 0.564. The molecule has 10 rings (SSSR count). The summed E-state index contributed by atoms with van der Waals surface area (Å²) in [6.45, 7) is 0. The zero-order valence-corrected chi connectivity index (χ0v) is 27.3. The number of rotatable bonds is 5. The van der Waals surface area contributed by atoms with Gasteiger partial charge in [0.05, 0.1) is 5.48 Å². The number of benzene rings is 7. The molecule has 0 amide bonds. The van der Waals surface area contributed by atoms with E-state index in [0.717, 1.165) is 38.9 Å². The Morgan fingerprint density at radius 1 is 0.412 bits per heavy atom. The van der Waals surface area contributed by atoms with Gasteiger partial charge in [0.25, 0.3) is 0 Å². The van der Waals surface area contributed by atoms with Gasteiger partial charge in [-0.25, -0.2) is 15.0 Å². The van der Waals surface area contributed by atoms with Gasteiger partial charge >= 0.3 is 0 Å². The van der Waals surface area contributed by atoms with Crippen molar-refractivity contribution in [2.24, 2.45) is 0 Å². The predicted octanol–water partition coefficient (Wildman–Crippen LogP) is 11.3. The first kappa shape index (κ1) is 22.3. The van der Waals surface area contributed by atoms with Gasteiger partial charge in [-0.05, 0) is 86.6 Å². The summed E-state index contributed by atoms with van der Waals surface area (Å²) >= 11 is 0. The zero-order valence-electron chi connectivity index (χ0n) is 35.3. The van der Waals surface area contributed by atoms with Crippen molar-refractivity contribution < 1.29 is 11.0 Å². The normalized spacial score (nSPS) is 17.7. The molecule has 0 fully saturated rings. The lowest BCUT2D eigenvalue weighted by atomic mass is 9.75. The van der Waals surface area contributed by atoms with Crippen LogP contribution in [0.3, 0.4) is 0 Å². The van der Waals surface area contributed by atoms with E-state index in [1.54, 1.807) is 12.1 Å². The van der Waals surface area contributed by atoms with Gasteiger partial charge in [-0.2, -0.15) is 0 Å². The van der Waals surface area contributed by atoms with Crippen LogP contribution < -0.4 is 0 Å². The van der Waals surface area contributed by atoms with E-state index in [9.17, 15) is 5.48 Å². The predicted molar refractivity (Wildman–Crippen MR) is 207 cm³/mol. The molecule has 2 aliphatic rings. The monoisotopic (exact) mass is 659 g/mol. The van der Waals surface area contributed by atoms with E-state index in [2.05, 4.69) is 0 Å². The maximum Gasteiger partial charge on any atom is 0.164 e. The van der Waals surface area contributed by atoms with Gasteiger partial charge < -0.3 is 0 Å². The molecule has 3 heteroatoms. The van der Waals surface area contributed by atoms with Gasteiger partial charge in [-0.15, -0.1) is 0 Å². The molecule has 0 bridgehead atoms. The van der Waals surface area contributed by atoms with Crippen LogP contribution in [0.2, 0.25) is 0 Å². The minimum Gasteiger partial charge on any atom is -0.208 e. The van der Waals surface area contributed by atoms with Crippen molar-refractivity contribution in [3.8, 4) is 67.5 Å². The highest BCUT2D eigenvalue weighted by Crippen LogP contribution is 2.56. The molecule has 8 aromatic rings. The Bertz CT molecular complexity index is 2900. The summed E-state index contributed by atoms with van der Waals surface area (Å²) in [5.41, 5.74) is 5.37. The highest BCUT2D eigenvalue weighted by Gasteiger charge is 2.46. The summed E-state index contributed by atoms with van der Waals surface area (Å²) in [6, 6.07) is 46.1. The Morgan fingerprint density at radius 2 is 0.863 bits per heavy atom. The quantitative estimate of drug-likeness (QED) is 0.185. The number of aromatic nitrogens is 3. The fourth-order valence-electron chi connectivity index (χ4n) is 7.29. The number of fused-ring (bicyclic) bond motifs is 6. The Hall–Kier alpha value is -6.45. The third kappa shape index (κ3) is 5.01. The van der Waals surface area contributed by atoms with Crippen molar-refractivity contribution >= 4 is 0 Å². The first-order chi connectivity index (χ1) is 28.4. The molecule has 0 atom stereocenters. The molecule has 0 radical (unpaired) electrons. The lowest BCUT2D eigenvalue weighted by Crippen LogP contribution is -2.25. The molecule has 0 saturated heterocycles. The number of nitrogens with zero attached hydrogens (tertiary/aromatic N) is 3. The summed E-state index contributed by atoms with van der Waals surface area (Å²) in [7, 11) is 0. The minimum atomic E-state index is -2.56. The summed E-state index contributed by atoms with van der Waals surface area (Å²) < 4.78 is 73.4. The average Bonchev–Trinajstić information content (AvgIpc) is 3.66. The molecule has 7 aromatic carbocycles.